The van der Waals surface area contributed by atoms with Crippen LogP contribution in [0.5, 0.6) is 0 Å². The summed E-state index contributed by atoms with van der Waals surface area (Å²) in [5, 5.41) is 3.86. The molecule has 0 aliphatic heterocycles. The van der Waals surface area contributed by atoms with Crippen LogP contribution in [0.2, 0.25) is 0 Å². The lowest BCUT2D eigenvalue weighted by Gasteiger charge is -2.33. The van der Waals surface area contributed by atoms with Crippen LogP contribution in [0.3, 0.4) is 0 Å². The second-order valence-electron chi connectivity index (χ2n) is 5.10. The Hall–Kier alpha value is -0.630. The van der Waals surface area contributed by atoms with Gasteiger partial charge in [-0.15, -0.1) is 12.4 Å². The van der Waals surface area contributed by atoms with E-state index >= 15 is 0 Å². The van der Waals surface area contributed by atoms with Crippen molar-refractivity contribution < 1.29 is 8.42 Å². The zero-order valence-corrected chi connectivity index (χ0v) is 12.6. The van der Waals surface area contributed by atoms with Crippen LogP contribution in [0.15, 0.2) is 17.3 Å². The Labute approximate surface area is 120 Å². The fraction of sp³-hybridized carbons (Fsp3) is 0.727. The molecule has 0 radical (unpaired) electrons. The summed E-state index contributed by atoms with van der Waals surface area (Å²) in [4.78, 5) is 0.185. The van der Waals surface area contributed by atoms with Gasteiger partial charge in [0.2, 0.25) is 10.0 Å². The Morgan fingerprint density at radius 1 is 1.42 bits per heavy atom. The van der Waals surface area contributed by atoms with Crippen molar-refractivity contribution in [2.75, 3.05) is 6.54 Å². The fourth-order valence-electron chi connectivity index (χ4n) is 2.29. The van der Waals surface area contributed by atoms with E-state index in [1.54, 1.807) is 7.05 Å². The molecule has 8 heteroatoms. The highest BCUT2D eigenvalue weighted by molar-refractivity contribution is 7.89. The molecule has 0 atom stereocenters. The Morgan fingerprint density at radius 2 is 2.05 bits per heavy atom. The molecule has 0 aromatic carbocycles. The molecular formula is C11H21ClN4O2S. The molecule has 1 saturated carbocycles. The van der Waals surface area contributed by atoms with Crippen LogP contribution in [0.25, 0.3) is 0 Å². The Kier molecular flexibility index (Phi) is 5.37. The minimum Gasteiger partial charge on any atom is -0.324 e. The summed E-state index contributed by atoms with van der Waals surface area (Å²) in [5.41, 5.74) is 5.81. The first-order valence-electron chi connectivity index (χ1n) is 6.19. The first-order chi connectivity index (χ1) is 8.41. The fourth-order valence-corrected chi connectivity index (χ4v) is 3.41. The summed E-state index contributed by atoms with van der Waals surface area (Å²) in [7, 11) is -1.81. The molecule has 6 nitrogen and oxygen atoms in total. The van der Waals surface area contributed by atoms with Gasteiger partial charge in [-0.05, 0) is 12.8 Å². The van der Waals surface area contributed by atoms with Gasteiger partial charge in [0.25, 0.3) is 0 Å². The topological polar surface area (TPSA) is 90.0 Å². The lowest BCUT2D eigenvalue weighted by molar-refractivity contribution is 0.296. The molecule has 1 aliphatic rings. The maximum atomic E-state index is 12.0. The van der Waals surface area contributed by atoms with Crippen LogP contribution < -0.4 is 10.5 Å². The van der Waals surface area contributed by atoms with Crippen molar-refractivity contribution >= 4 is 22.4 Å². The maximum absolute atomic E-state index is 12.0. The normalized spacial score (nSPS) is 18.8. The largest absolute Gasteiger partial charge is 0.324 e. The van der Waals surface area contributed by atoms with Crippen LogP contribution >= 0.6 is 12.4 Å². The molecule has 1 fully saturated rings. The van der Waals surface area contributed by atoms with E-state index in [4.69, 9.17) is 5.73 Å². The van der Waals surface area contributed by atoms with E-state index in [1.807, 2.05) is 0 Å². The third-order valence-electron chi connectivity index (χ3n) is 3.46. The standard InChI is InChI=1S/C11H20N4O2S.ClH/c1-15-8-10(7-13-15)18(16,17)14-9-11(12)5-3-2-4-6-11;/h7-8,14H,2-6,9,12H2,1H3;1H. The molecule has 19 heavy (non-hydrogen) atoms. The molecule has 1 heterocycles. The van der Waals surface area contributed by atoms with Crippen molar-refractivity contribution in [3.63, 3.8) is 0 Å². The molecule has 3 N–H and O–H groups in total. The van der Waals surface area contributed by atoms with Crippen molar-refractivity contribution in [3.8, 4) is 0 Å². The monoisotopic (exact) mass is 308 g/mol. The lowest BCUT2D eigenvalue weighted by Crippen LogP contribution is -2.51. The highest BCUT2D eigenvalue weighted by Crippen LogP contribution is 2.25. The number of nitrogens with zero attached hydrogens (tertiary/aromatic N) is 2. The number of halogens is 1. The van der Waals surface area contributed by atoms with E-state index in [1.165, 1.54) is 23.5 Å². The smallest absolute Gasteiger partial charge is 0.243 e. The van der Waals surface area contributed by atoms with Crippen molar-refractivity contribution in [2.45, 2.75) is 42.5 Å². The average Bonchev–Trinajstić information content (AvgIpc) is 2.76. The number of nitrogens with one attached hydrogen (secondary N) is 1. The summed E-state index contributed by atoms with van der Waals surface area (Å²) < 4.78 is 28.1. The third kappa shape index (κ3) is 4.17. The van der Waals surface area contributed by atoms with E-state index in [2.05, 4.69) is 9.82 Å². The van der Waals surface area contributed by atoms with E-state index in [0.29, 0.717) is 6.54 Å². The van der Waals surface area contributed by atoms with E-state index < -0.39 is 15.6 Å². The van der Waals surface area contributed by atoms with Gasteiger partial charge in [0.05, 0.1) is 6.20 Å². The van der Waals surface area contributed by atoms with E-state index in [9.17, 15) is 8.42 Å². The molecule has 0 unspecified atom stereocenters. The van der Waals surface area contributed by atoms with E-state index in [-0.39, 0.29) is 17.3 Å². The van der Waals surface area contributed by atoms with Gasteiger partial charge in [-0.25, -0.2) is 13.1 Å². The SMILES string of the molecule is Cl.Cn1cc(S(=O)(=O)NCC2(N)CCCCC2)cn1. The summed E-state index contributed by atoms with van der Waals surface area (Å²) in [6.07, 6.45) is 7.91. The van der Waals surface area contributed by atoms with Crippen molar-refractivity contribution in [1.82, 2.24) is 14.5 Å². The van der Waals surface area contributed by atoms with Gasteiger partial charge < -0.3 is 5.73 Å². The summed E-state index contributed by atoms with van der Waals surface area (Å²) in [5.74, 6) is 0. The molecule has 0 bridgehead atoms. The molecule has 2 rings (SSSR count). The molecule has 0 saturated heterocycles. The van der Waals surface area contributed by atoms with Crippen LogP contribution in [0.1, 0.15) is 32.1 Å². The number of aryl methyl sites for hydroxylation is 1. The van der Waals surface area contributed by atoms with Crippen molar-refractivity contribution in [1.29, 1.82) is 0 Å². The molecule has 1 aromatic heterocycles. The van der Waals surface area contributed by atoms with Crippen LogP contribution in [0.4, 0.5) is 0 Å². The van der Waals surface area contributed by atoms with Gasteiger partial charge in [-0.2, -0.15) is 5.10 Å². The van der Waals surface area contributed by atoms with Crippen molar-refractivity contribution in [3.05, 3.63) is 12.4 Å². The highest BCUT2D eigenvalue weighted by Gasteiger charge is 2.29. The zero-order valence-electron chi connectivity index (χ0n) is 11.0. The number of sulfonamides is 1. The summed E-state index contributed by atoms with van der Waals surface area (Å²) in [6.45, 7) is 0.296. The van der Waals surface area contributed by atoms with Crippen LogP contribution in [-0.4, -0.2) is 30.3 Å². The predicted molar refractivity (Wildman–Crippen MR) is 75.6 cm³/mol. The number of hydrogen-bond donors (Lipinski definition) is 2. The maximum Gasteiger partial charge on any atom is 0.243 e. The molecular weight excluding hydrogens is 288 g/mol. The Morgan fingerprint density at radius 3 is 2.58 bits per heavy atom. The quantitative estimate of drug-likeness (QED) is 0.860. The van der Waals surface area contributed by atoms with Gasteiger partial charge in [0.15, 0.2) is 0 Å². The van der Waals surface area contributed by atoms with Gasteiger partial charge in [-0.3, -0.25) is 4.68 Å². The van der Waals surface area contributed by atoms with Crippen LogP contribution in [-0.2, 0) is 17.1 Å². The Bertz CT molecular complexity index is 509. The van der Waals surface area contributed by atoms with Gasteiger partial charge in [-0.1, -0.05) is 19.3 Å². The highest BCUT2D eigenvalue weighted by atomic mass is 35.5. The number of rotatable bonds is 4. The second-order valence-corrected chi connectivity index (χ2v) is 6.86. The van der Waals surface area contributed by atoms with Crippen LogP contribution in [0, 0.1) is 0 Å². The average molecular weight is 309 g/mol. The molecule has 1 aliphatic carbocycles. The Balaban J connectivity index is 0.00000180. The number of aromatic nitrogens is 2. The van der Waals surface area contributed by atoms with E-state index in [0.717, 1.165) is 25.7 Å². The summed E-state index contributed by atoms with van der Waals surface area (Å²) in [6, 6.07) is 0. The van der Waals surface area contributed by atoms with Gasteiger partial charge in [0.1, 0.15) is 4.90 Å². The minimum absolute atomic E-state index is 0. The first-order valence-corrected chi connectivity index (χ1v) is 7.67. The number of hydrogen-bond acceptors (Lipinski definition) is 4. The third-order valence-corrected chi connectivity index (χ3v) is 4.81. The first kappa shape index (κ1) is 16.4. The molecule has 110 valence electrons. The molecule has 0 spiro atoms. The van der Waals surface area contributed by atoms with Gasteiger partial charge >= 0.3 is 0 Å². The minimum atomic E-state index is -3.49. The lowest BCUT2D eigenvalue weighted by atomic mass is 9.83. The molecule has 0 amide bonds. The van der Waals surface area contributed by atoms with Crippen molar-refractivity contribution in [2.24, 2.45) is 12.8 Å². The predicted octanol–water partition coefficient (Wildman–Crippen LogP) is 0.782. The van der Waals surface area contributed by atoms with Gasteiger partial charge in [0, 0.05) is 25.3 Å². The number of nitrogens with two attached hydrogens (primary N) is 1. The summed E-state index contributed by atoms with van der Waals surface area (Å²) >= 11 is 0. The molecule has 1 aromatic rings. The zero-order chi connectivity index (χ0) is 13.2. The second kappa shape index (κ2) is 6.21.